The van der Waals surface area contributed by atoms with Gasteiger partial charge in [-0.15, -0.1) is 5.10 Å². The van der Waals surface area contributed by atoms with Gasteiger partial charge in [-0.25, -0.2) is 0 Å². The van der Waals surface area contributed by atoms with Gasteiger partial charge in [0.25, 0.3) is 0 Å². The molecule has 1 heterocycles. The molecule has 0 aliphatic heterocycles. The lowest BCUT2D eigenvalue weighted by molar-refractivity contribution is -0.138. The Kier molecular flexibility index (Phi) is 5.45. The van der Waals surface area contributed by atoms with Crippen LogP contribution in [0.1, 0.15) is 28.8 Å². The van der Waals surface area contributed by atoms with Crippen LogP contribution in [-0.4, -0.2) is 20.7 Å². The first-order valence-electron chi connectivity index (χ1n) is 5.54. The average molecular weight is 264 g/mol. The Morgan fingerprint density at radius 2 is 1.72 bits per heavy atom. The van der Waals surface area contributed by atoms with Crippen molar-refractivity contribution in [3.63, 3.8) is 0 Å². The molecule has 4 nitrogen and oxygen atoms in total. The highest BCUT2D eigenvalue weighted by molar-refractivity contribution is 7.05. The van der Waals surface area contributed by atoms with Gasteiger partial charge in [0.05, 0.1) is 17.0 Å². The van der Waals surface area contributed by atoms with Crippen molar-refractivity contribution in [3.8, 4) is 0 Å². The molecule has 0 fully saturated rings. The molecule has 96 valence electrons. The normalized spacial score (nSPS) is 11.3. The minimum atomic E-state index is -0.842. The van der Waals surface area contributed by atoms with E-state index in [-0.39, 0.29) is 0 Å². The first-order valence-corrected chi connectivity index (χ1v) is 6.31. The third kappa shape index (κ3) is 4.63. The summed E-state index contributed by atoms with van der Waals surface area (Å²) >= 11 is 1.12. The van der Waals surface area contributed by atoms with E-state index in [9.17, 15) is 4.79 Å². The monoisotopic (exact) mass is 264 g/mol. The Labute approximate surface area is 110 Å². The lowest BCUT2D eigenvalue weighted by Crippen LogP contribution is -2.05. The van der Waals surface area contributed by atoms with E-state index in [4.69, 9.17) is 5.11 Å². The number of hydrogen-bond donors (Lipinski definition) is 1. The highest BCUT2D eigenvalue weighted by Crippen LogP contribution is 2.16. The third-order valence-electron chi connectivity index (χ3n) is 2.39. The van der Waals surface area contributed by atoms with E-state index in [1.165, 1.54) is 17.3 Å². The van der Waals surface area contributed by atoms with E-state index >= 15 is 0 Å². The van der Waals surface area contributed by atoms with Crippen LogP contribution in [0.25, 0.3) is 0 Å². The van der Waals surface area contributed by atoms with Crippen LogP contribution < -0.4 is 0 Å². The van der Waals surface area contributed by atoms with Crippen molar-refractivity contribution in [3.05, 3.63) is 46.5 Å². The standard InChI is InChI=1S/C8H10.C5H6N2O2S/c1-7-3-5-8(2)6-4-7;1-3(5(8)9)4-2-6-7-10-4/h3-6H,1-2H3;2-3H,1H3,(H,8,9). The number of hydrogen-bond acceptors (Lipinski definition) is 4. The second-order valence-electron chi connectivity index (χ2n) is 4.03. The van der Waals surface area contributed by atoms with E-state index in [1.807, 2.05) is 0 Å². The maximum Gasteiger partial charge on any atom is 0.311 e. The van der Waals surface area contributed by atoms with Crippen LogP contribution in [-0.2, 0) is 4.79 Å². The van der Waals surface area contributed by atoms with Crippen molar-refractivity contribution in [2.75, 3.05) is 0 Å². The molecule has 1 aromatic carbocycles. The van der Waals surface area contributed by atoms with E-state index in [0.29, 0.717) is 4.88 Å². The van der Waals surface area contributed by atoms with Crippen molar-refractivity contribution < 1.29 is 9.90 Å². The minimum Gasteiger partial charge on any atom is -0.481 e. The Hall–Kier alpha value is -1.75. The topological polar surface area (TPSA) is 63.1 Å². The molecule has 0 aliphatic carbocycles. The van der Waals surface area contributed by atoms with Gasteiger partial charge in [0.2, 0.25) is 0 Å². The van der Waals surface area contributed by atoms with Crippen LogP contribution in [0.2, 0.25) is 0 Å². The second-order valence-corrected chi connectivity index (χ2v) is 4.85. The van der Waals surface area contributed by atoms with Crippen molar-refractivity contribution >= 4 is 17.5 Å². The number of nitrogens with zero attached hydrogens (tertiary/aromatic N) is 2. The number of aromatic nitrogens is 2. The molecule has 2 aromatic rings. The van der Waals surface area contributed by atoms with Crippen LogP contribution in [0, 0.1) is 13.8 Å². The van der Waals surface area contributed by atoms with E-state index in [2.05, 4.69) is 47.7 Å². The minimum absolute atomic E-state index is 0.486. The van der Waals surface area contributed by atoms with Gasteiger partial charge in [0.15, 0.2) is 0 Å². The fraction of sp³-hybridized carbons (Fsp3) is 0.308. The summed E-state index contributed by atoms with van der Waals surface area (Å²) in [5.74, 6) is -1.33. The van der Waals surface area contributed by atoms with Crippen LogP contribution in [0.5, 0.6) is 0 Å². The zero-order valence-corrected chi connectivity index (χ0v) is 11.4. The maximum atomic E-state index is 10.3. The van der Waals surface area contributed by atoms with Gasteiger partial charge in [-0.3, -0.25) is 4.79 Å². The van der Waals surface area contributed by atoms with Gasteiger partial charge < -0.3 is 5.11 Å². The quantitative estimate of drug-likeness (QED) is 0.905. The van der Waals surface area contributed by atoms with Crippen molar-refractivity contribution in [2.24, 2.45) is 0 Å². The Balaban J connectivity index is 0.000000184. The summed E-state index contributed by atoms with van der Waals surface area (Å²) in [6.07, 6.45) is 1.48. The van der Waals surface area contributed by atoms with Crippen LogP contribution >= 0.6 is 11.5 Å². The lowest BCUT2D eigenvalue weighted by Gasteiger charge is -1.97. The Morgan fingerprint density at radius 1 is 1.22 bits per heavy atom. The number of carboxylic acids is 1. The van der Waals surface area contributed by atoms with Gasteiger partial charge >= 0.3 is 5.97 Å². The zero-order chi connectivity index (χ0) is 13.5. The summed E-state index contributed by atoms with van der Waals surface area (Å²) in [7, 11) is 0. The number of aliphatic carboxylic acids is 1. The fourth-order valence-corrected chi connectivity index (χ4v) is 1.67. The zero-order valence-electron chi connectivity index (χ0n) is 10.6. The van der Waals surface area contributed by atoms with E-state index < -0.39 is 11.9 Å². The number of carbonyl (C=O) groups is 1. The molecule has 5 heteroatoms. The van der Waals surface area contributed by atoms with E-state index in [0.717, 1.165) is 11.5 Å². The summed E-state index contributed by atoms with van der Waals surface area (Å²) < 4.78 is 3.55. The molecule has 0 amide bonds. The molecule has 1 N–H and O–H groups in total. The molecule has 1 atom stereocenters. The van der Waals surface area contributed by atoms with Crippen molar-refractivity contribution in [1.29, 1.82) is 0 Å². The number of rotatable bonds is 2. The smallest absolute Gasteiger partial charge is 0.311 e. The molecule has 1 unspecified atom stereocenters. The molecular formula is C13H16N2O2S. The Morgan fingerprint density at radius 3 is 2.06 bits per heavy atom. The first-order chi connectivity index (χ1) is 8.50. The molecule has 0 bridgehead atoms. The van der Waals surface area contributed by atoms with Gasteiger partial charge in [0, 0.05) is 0 Å². The van der Waals surface area contributed by atoms with Crippen LogP contribution in [0.3, 0.4) is 0 Å². The molecular weight excluding hydrogens is 248 g/mol. The largest absolute Gasteiger partial charge is 0.481 e. The molecule has 1 aromatic heterocycles. The Bertz CT molecular complexity index is 459. The SMILES string of the molecule is CC(C(=O)O)c1cnns1.Cc1ccc(C)cc1. The summed E-state index contributed by atoms with van der Waals surface area (Å²) in [6, 6.07) is 8.48. The number of aryl methyl sites for hydroxylation is 2. The maximum absolute atomic E-state index is 10.3. The van der Waals surface area contributed by atoms with Crippen molar-refractivity contribution in [2.45, 2.75) is 26.7 Å². The van der Waals surface area contributed by atoms with E-state index in [1.54, 1.807) is 6.92 Å². The summed E-state index contributed by atoms with van der Waals surface area (Å²) in [5, 5.41) is 12.0. The number of carboxylic acid groups (broad SMARTS) is 1. The molecule has 0 spiro atoms. The second kappa shape index (κ2) is 6.86. The van der Waals surface area contributed by atoms with Gasteiger partial charge in [0.1, 0.15) is 0 Å². The summed E-state index contributed by atoms with van der Waals surface area (Å²) in [5.41, 5.74) is 2.66. The summed E-state index contributed by atoms with van der Waals surface area (Å²) in [4.78, 5) is 11.0. The van der Waals surface area contributed by atoms with Crippen LogP contribution in [0.15, 0.2) is 30.5 Å². The van der Waals surface area contributed by atoms with Gasteiger partial charge in [-0.1, -0.05) is 39.9 Å². The highest BCUT2D eigenvalue weighted by atomic mass is 32.1. The van der Waals surface area contributed by atoms with Crippen molar-refractivity contribution in [1.82, 2.24) is 9.59 Å². The average Bonchev–Trinajstić information content (AvgIpc) is 2.86. The molecule has 2 rings (SSSR count). The molecule has 0 radical (unpaired) electrons. The number of benzene rings is 1. The summed E-state index contributed by atoms with van der Waals surface area (Å²) in [6.45, 7) is 5.80. The molecule has 0 saturated heterocycles. The first kappa shape index (κ1) is 14.3. The van der Waals surface area contributed by atoms with Crippen LogP contribution in [0.4, 0.5) is 0 Å². The fourth-order valence-electron chi connectivity index (χ4n) is 1.12. The third-order valence-corrected chi connectivity index (χ3v) is 3.24. The van der Waals surface area contributed by atoms with Gasteiger partial charge in [-0.2, -0.15) is 0 Å². The lowest BCUT2D eigenvalue weighted by atomic mass is 10.2. The van der Waals surface area contributed by atoms with Gasteiger partial charge in [-0.05, 0) is 32.3 Å². The molecule has 0 saturated carbocycles. The predicted octanol–water partition coefficient (Wildman–Crippen LogP) is 3.03. The predicted molar refractivity (Wildman–Crippen MR) is 71.9 cm³/mol. The molecule has 18 heavy (non-hydrogen) atoms. The highest BCUT2D eigenvalue weighted by Gasteiger charge is 2.15. The molecule has 0 aliphatic rings.